The van der Waals surface area contributed by atoms with Gasteiger partial charge in [-0.2, -0.15) is 0 Å². The molecule has 5 heteroatoms. The first kappa shape index (κ1) is 10.5. The fourth-order valence-corrected chi connectivity index (χ4v) is 3.66. The topological polar surface area (TPSA) is 76.0 Å². The van der Waals surface area contributed by atoms with Crippen LogP contribution in [0.5, 0.6) is 0 Å². The van der Waals surface area contributed by atoms with Gasteiger partial charge in [-0.1, -0.05) is 0 Å². The largest absolute Gasteiger partial charge is 0.481 e. The van der Waals surface area contributed by atoms with Gasteiger partial charge in [-0.15, -0.1) is 0 Å². The summed E-state index contributed by atoms with van der Waals surface area (Å²) in [7, 11) is 0. The molecule has 90 valence electrons. The summed E-state index contributed by atoms with van der Waals surface area (Å²) in [6.07, 6.45) is 1.21. The number of carbonyl (C=O) groups is 1. The normalized spacial score (nSPS) is 45.1. The fraction of sp³-hybridized carbons (Fsp3) is 0.909. The minimum atomic E-state index is -0.893. The summed E-state index contributed by atoms with van der Waals surface area (Å²) in [4.78, 5) is 11.1. The second-order valence-electron chi connectivity index (χ2n) is 5.11. The zero-order valence-corrected chi connectivity index (χ0v) is 8.96. The highest BCUT2D eigenvalue weighted by Gasteiger charge is 2.58. The number of fused-ring (bicyclic) bond motifs is 1. The Morgan fingerprint density at radius 3 is 2.56 bits per heavy atom. The number of carboxylic acids is 1. The predicted octanol–water partition coefficient (Wildman–Crippen LogP) is 0.221. The number of aliphatic hydroxyl groups excluding tert-OH is 1. The molecule has 2 N–H and O–H groups in total. The molecule has 1 heterocycles. The summed E-state index contributed by atoms with van der Waals surface area (Å²) < 4.78 is 11.2. The van der Waals surface area contributed by atoms with E-state index >= 15 is 0 Å². The first-order valence-electron chi connectivity index (χ1n) is 5.80. The van der Waals surface area contributed by atoms with E-state index in [1.165, 1.54) is 0 Å². The summed E-state index contributed by atoms with van der Waals surface area (Å²) in [5, 5.41) is 18.9. The van der Waals surface area contributed by atoms with Gasteiger partial charge in [-0.3, -0.25) is 4.79 Å². The molecule has 0 radical (unpaired) electrons. The molecule has 2 aliphatic carbocycles. The number of aliphatic carboxylic acids is 1. The molecule has 0 bridgehead atoms. The van der Waals surface area contributed by atoms with Crippen LogP contribution in [0.25, 0.3) is 0 Å². The fourth-order valence-electron chi connectivity index (χ4n) is 3.66. The molecule has 0 aromatic carbocycles. The first-order chi connectivity index (χ1) is 7.61. The third-order valence-corrected chi connectivity index (χ3v) is 4.24. The van der Waals surface area contributed by atoms with Crippen molar-refractivity contribution in [3.63, 3.8) is 0 Å². The molecule has 0 aromatic heterocycles. The van der Waals surface area contributed by atoms with Crippen LogP contribution in [0.4, 0.5) is 0 Å². The van der Waals surface area contributed by atoms with Gasteiger partial charge in [0.2, 0.25) is 0 Å². The summed E-state index contributed by atoms with van der Waals surface area (Å²) in [6, 6.07) is 0. The summed E-state index contributed by atoms with van der Waals surface area (Å²) in [5.41, 5.74) is 0. The Morgan fingerprint density at radius 1 is 1.25 bits per heavy atom. The van der Waals surface area contributed by atoms with Crippen molar-refractivity contribution in [2.75, 3.05) is 13.2 Å². The maximum absolute atomic E-state index is 11.1. The quantitative estimate of drug-likeness (QED) is 0.671. The van der Waals surface area contributed by atoms with Gasteiger partial charge in [0.15, 0.2) is 5.79 Å². The van der Waals surface area contributed by atoms with Crippen molar-refractivity contribution in [1.29, 1.82) is 0 Å². The van der Waals surface area contributed by atoms with E-state index in [1.54, 1.807) is 0 Å². The van der Waals surface area contributed by atoms with Crippen molar-refractivity contribution in [1.82, 2.24) is 0 Å². The number of carboxylic acid groups (broad SMARTS) is 1. The maximum atomic E-state index is 11.1. The van der Waals surface area contributed by atoms with E-state index in [0.29, 0.717) is 26.1 Å². The van der Waals surface area contributed by atoms with Crippen LogP contribution in [0.2, 0.25) is 0 Å². The summed E-state index contributed by atoms with van der Waals surface area (Å²) >= 11 is 0. The van der Waals surface area contributed by atoms with Crippen molar-refractivity contribution in [3.05, 3.63) is 0 Å². The van der Waals surface area contributed by atoms with Crippen LogP contribution in [0.1, 0.15) is 19.3 Å². The van der Waals surface area contributed by atoms with Gasteiger partial charge in [0.25, 0.3) is 0 Å². The second kappa shape index (κ2) is 3.42. The van der Waals surface area contributed by atoms with E-state index in [4.69, 9.17) is 14.6 Å². The Labute approximate surface area is 93.3 Å². The zero-order valence-electron chi connectivity index (χ0n) is 8.96. The zero-order chi connectivity index (χ0) is 11.3. The van der Waals surface area contributed by atoms with Gasteiger partial charge in [-0.05, 0) is 18.3 Å². The van der Waals surface area contributed by atoms with Crippen LogP contribution in [0.3, 0.4) is 0 Å². The lowest BCUT2D eigenvalue weighted by Crippen LogP contribution is -2.32. The Balaban J connectivity index is 1.80. The number of hydrogen-bond acceptors (Lipinski definition) is 4. The lowest BCUT2D eigenvalue weighted by atomic mass is 9.91. The van der Waals surface area contributed by atoms with Crippen LogP contribution < -0.4 is 0 Å². The summed E-state index contributed by atoms with van der Waals surface area (Å²) in [5.74, 6) is -1.84. The van der Waals surface area contributed by atoms with Crippen LogP contribution in [0.15, 0.2) is 0 Å². The molecule has 3 aliphatic rings. The van der Waals surface area contributed by atoms with Crippen molar-refractivity contribution >= 4 is 5.97 Å². The number of rotatable bonds is 1. The second-order valence-corrected chi connectivity index (χ2v) is 5.11. The van der Waals surface area contributed by atoms with Gasteiger partial charge >= 0.3 is 5.97 Å². The van der Waals surface area contributed by atoms with Crippen molar-refractivity contribution in [2.24, 2.45) is 17.8 Å². The van der Waals surface area contributed by atoms with Gasteiger partial charge in [-0.25, -0.2) is 0 Å². The monoisotopic (exact) mass is 228 g/mol. The number of ether oxygens (including phenoxy) is 2. The van der Waals surface area contributed by atoms with E-state index in [1.807, 2.05) is 0 Å². The van der Waals surface area contributed by atoms with E-state index < -0.39 is 23.8 Å². The number of hydrogen-bond donors (Lipinski definition) is 2. The molecular weight excluding hydrogens is 212 g/mol. The average Bonchev–Trinajstić information content (AvgIpc) is 2.81. The number of aliphatic hydroxyl groups is 1. The van der Waals surface area contributed by atoms with Crippen molar-refractivity contribution in [3.8, 4) is 0 Å². The molecule has 1 aliphatic heterocycles. The first-order valence-corrected chi connectivity index (χ1v) is 5.80. The van der Waals surface area contributed by atoms with E-state index in [9.17, 15) is 9.90 Å². The van der Waals surface area contributed by atoms with Gasteiger partial charge in [0.05, 0.1) is 25.2 Å². The van der Waals surface area contributed by atoms with Crippen LogP contribution >= 0.6 is 0 Å². The highest BCUT2D eigenvalue weighted by Crippen LogP contribution is 2.54. The van der Waals surface area contributed by atoms with E-state index in [2.05, 4.69) is 0 Å². The van der Waals surface area contributed by atoms with Crippen LogP contribution in [-0.4, -0.2) is 41.3 Å². The lowest BCUT2D eigenvalue weighted by Gasteiger charge is -2.24. The minimum absolute atomic E-state index is 0.00519. The Kier molecular flexibility index (Phi) is 2.24. The smallest absolute Gasteiger partial charge is 0.309 e. The van der Waals surface area contributed by atoms with Gasteiger partial charge in [0.1, 0.15) is 0 Å². The molecular formula is C11H16O5. The molecule has 2 saturated carbocycles. The van der Waals surface area contributed by atoms with Crippen LogP contribution in [-0.2, 0) is 14.3 Å². The molecule has 3 fully saturated rings. The molecule has 3 rings (SSSR count). The minimum Gasteiger partial charge on any atom is -0.481 e. The SMILES string of the molecule is O=C(O)C1C(O)CC2CC3(CC21)OCCO3. The molecule has 16 heavy (non-hydrogen) atoms. The maximum Gasteiger partial charge on any atom is 0.309 e. The van der Waals surface area contributed by atoms with Gasteiger partial charge < -0.3 is 19.7 Å². The van der Waals surface area contributed by atoms with Crippen LogP contribution in [0, 0.1) is 17.8 Å². The highest BCUT2D eigenvalue weighted by molar-refractivity contribution is 5.71. The van der Waals surface area contributed by atoms with E-state index in [0.717, 1.165) is 6.42 Å². The Morgan fingerprint density at radius 2 is 1.94 bits per heavy atom. The van der Waals surface area contributed by atoms with Crippen molar-refractivity contribution in [2.45, 2.75) is 31.2 Å². The van der Waals surface area contributed by atoms with E-state index in [-0.39, 0.29) is 11.8 Å². The Bertz CT molecular complexity index is 309. The molecule has 1 spiro atoms. The van der Waals surface area contributed by atoms with Gasteiger partial charge in [0, 0.05) is 12.8 Å². The predicted molar refractivity (Wildman–Crippen MR) is 52.6 cm³/mol. The molecule has 4 unspecified atom stereocenters. The molecule has 0 amide bonds. The third kappa shape index (κ3) is 1.38. The highest BCUT2D eigenvalue weighted by atomic mass is 16.7. The molecule has 5 nitrogen and oxygen atoms in total. The summed E-state index contributed by atoms with van der Waals surface area (Å²) in [6.45, 7) is 1.19. The van der Waals surface area contributed by atoms with Crippen molar-refractivity contribution < 1.29 is 24.5 Å². The standard InChI is InChI=1S/C11H16O5/c12-8-3-6-4-11(15-1-2-16-11)5-7(6)9(8)10(13)14/h6-9,12H,1-5H2,(H,13,14). The third-order valence-electron chi connectivity index (χ3n) is 4.24. The molecule has 1 saturated heterocycles. The molecule has 4 atom stereocenters. The lowest BCUT2D eigenvalue weighted by molar-refractivity contribution is -0.162. The molecule has 0 aromatic rings. The average molecular weight is 228 g/mol. The Hall–Kier alpha value is -0.650.